The molecular weight excluding hydrogens is 279 g/mol. The molecular formula is C12H16F3NO2S. The van der Waals surface area contributed by atoms with Crippen LogP contribution < -0.4 is 5.32 Å². The average molecular weight is 295 g/mol. The van der Waals surface area contributed by atoms with E-state index in [4.69, 9.17) is 4.74 Å². The molecule has 0 aromatic carbocycles. The van der Waals surface area contributed by atoms with Gasteiger partial charge in [-0.05, 0) is 25.5 Å². The van der Waals surface area contributed by atoms with Gasteiger partial charge in [-0.3, -0.25) is 5.32 Å². The van der Waals surface area contributed by atoms with Crippen LogP contribution in [0.5, 0.6) is 0 Å². The van der Waals surface area contributed by atoms with Crippen molar-refractivity contribution in [3.8, 4) is 0 Å². The van der Waals surface area contributed by atoms with E-state index < -0.39 is 24.7 Å². The molecule has 0 bridgehead atoms. The van der Waals surface area contributed by atoms with Crippen LogP contribution in [0.3, 0.4) is 0 Å². The van der Waals surface area contributed by atoms with Crippen molar-refractivity contribution in [2.45, 2.75) is 32.5 Å². The largest absolute Gasteiger partial charge is 0.465 e. The molecule has 3 nitrogen and oxygen atoms in total. The number of aryl methyl sites for hydroxylation is 1. The van der Waals surface area contributed by atoms with Gasteiger partial charge in [0.1, 0.15) is 6.04 Å². The first kappa shape index (κ1) is 16.0. The maximum absolute atomic E-state index is 12.2. The summed E-state index contributed by atoms with van der Waals surface area (Å²) >= 11 is 1.32. The molecule has 1 aromatic heterocycles. The second-order valence-corrected chi connectivity index (χ2v) is 5.04. The lowest BCUT2D eigenvalue weighted by atomic mass is 10.2. The number of halogens is 3. The molecule has 0 saturated carbocycles. The zero-order valence-corrected chi connectivity index (χ0v) is 11.5. The van der Waals surface area contributed by atoms with Gasteiger partial charge in [0.15, 0.2) is 0 Å². The summed E-state index contributed by atoms with van der Waals surface area (Å²) in [7, 11) is 0. The minimum Gasteiger partial charge on any atom is -0.465 e. The zero-order chi connectivity index (χ0) is 14.5. The molecule has 0 spiro atoms. The molecule has 0 fully saturated rings. The van der Waals surface area contributed by atoms with Crippen molar-refractivity contribution in [3.63, 3.8) is 0 Å². The fourth-order valence-corrected chi connectivity index (χ4v) is 2.50. The second-order valence-electron chi connectivity index (χ2n) is 3.84. The molecule has 19 heavy (non-hydrogen) atoms. The quantitative estimate of drug-likeness (QED) is 0.820. The Morgan fingerprint density at radius 1 is 1.42 bits per heavy atom. The second kappa shape index (κ2) is 6.91. The molecule has 1 rings (SSSR count). The van der Waals surface area contributed by atoms with Crippen LogP contribution in [0.2, 0.25) is 0 Å². The molecule has 1 unspecified atom stereocenters. The first-order chi connectivity index (χ1) is 8.87. The van der Waals surface area contributed by atoms with Crippen molar-refractivity contribution in [1.82, 2.24) is 5.32 Å². The monoisotopic (exact) mass is 295 g/mol. The topological polar surface area (TPSA) is 38.3 Å². The maximum atomic E-state index is 12.2. The highest BCUT2D eigenvalue weighted by molar-refractivity contribution is 7.12. The van der Waals surface area contributed by atoms with Crippen LogP contribution in [0.25, 0.3) is 0 Å². The Morgan fingerprint density at radius 2 is 2.11 bits per heavy atom. The lowest BCUT2D eigenvalue weighted by Crippen LogP contribution is -2.36. The first-order valence-electron chi connectivity index (χ1n) is 5.92. The van der Waals surface area contributed by atoms with Crippen molar-refractivity contribution in [3.05, 3.63) is 21.9 Å². The number of carbonyl (C=O) groups excluding carboxylic acids is 1. The van der Waals surface area contributed by atoms with Gasteiger partial charge in [0.05, 0.1) is 13.2 Å². The van der Waals surface area contributed by atoms with Crippen LogP contribution in [-0.2, 0) is 16.0 Å². The SMILES string of the molecule is CCOC(=O)C(NCC(F)(F)F)c1ccc(CC)s1. The number of hydrogen-bond donors (Lipinski definition) is 1. The van der Waals surface area contributed by atoms with Gasteiger partial charge in [0.25, 0.3) is 0 Å². The Kier molecular flexibility index (Phi) is 5.81. The molecule has 1 heterocycles. The highest BCUT2D eigenvalue weighted by atomic mass is 32.1. The summed E-state index contributed by atoms with van der Waals surface area (Å²) in [5.41, 5.74) is 0. The minimum absolute atomic E-state index is 0.134. The van der Waals surface area contributed by atoms with Crippen molar-refractivity contribution in [1.29, 1.82) is 0 Å². The van der Waals surface area contributed by atoms with Gasteiger partial charge in [0.2, 0.25) is 0 Å². The molecule has 108 valence electrons. The van der Waals surface area contributed by atoms with Crippen molar-refractivity contribution >= 4 is 17.3 Å². The van der Waals surface area contributed by atoms with Gasteiger partial charge in [-0.25, -0.2) is 4.79 Å². The van der Waals surface area contributed by atoms with Crippen molar-refractivity contribution in [2.24, 2.45) is 0 Å². The van der Waals surface area contributed by atoms with Crippen LogP contribution >= 0.6 is 11.3 Å². The molecule has 1 N–H and O–H groups in total. The predicted molar refractivity (Wildman–Crippen MR) is 67.1 cm³/mol. The number of alkyl halides is 3. The third kappa shape index (κ3) is 5.20. The van der Waals surface area contributed by atoms with Crippen LogP contribution in [0.1, 0.15) is 29.6 Å². The van der Waals surface area contributed by atoms with E-state index in [-0.39, 0.29) is 6.61 Å². The van der Waals surface area contributed by atoms with E-state index >= 15 is 0 Å². The third-order valence-electron chi connectivity index (χ3n) is 2.34. The Balaban J connectivity index is 2.82. The number of nitrogens with one attached hydrogen (secondary N) is 1. The van der Waals surface area contributed by atoms with Gasteiger partial charge in [-0.1, -0.05) is 6.92 Å². The number of hydrogen-bond acceptors (Lipinski definition) is 4. The number of thiophene rings is 1. The number of esters is 1. The molecule has 0 aliphatic rings. The zero-order valence-electron chi connectivity index (χ0n) is 10.7. The minimum atomic E-state index is -4.37. The first-order valence-corrected chi connectivity index (χ1v) is 6.74. The number of carbonyl (C=O) groups is 1. The Bertz CT molecular complexity index is 417. The summed E-state index contributed by atoms with van der Waals surface area (Å²) in [5, 5.41) is 2.21. The molecule has 7 heteroatoms. The summed E-state index contributed by atoms with van der Waals surface area (Å²) in [6, 6.07) is 2.41. The molecule has 0 aliphatic heterocycles. The number of rotatable bonds is 6. The maximum Gasteiger partial charge on any atom is 0.401 e. The van der Waals surface area contributed by atoms with E-state index in [1.807, 2.05) is 13.0 Å². The molecule has 0 amide bonds. The van der Waals surface area contributed by atoms with E-state index in [2.05, 4.69) is 5.32 Å². The summed E-state index contributed by atoms with van der Waals surface area (Å²) in [4.78, 5) is 13.3. The Morgan fingerprint density at radius 3 is 2.58 bits per heavy atom. The molecule has 0 aliphatic carbocycles. The lowest BCUT2D eigenvalue weighted by molar-refractivity contribution is -0.148. The normalized spacial score (nSPS) is 13.3. The summed E-state index contributed by atoms with van der Waals surface area (Å²) < 4.78 is 41.5. The van der Waals surface area contributed by atoms with E-state index in [0.29, 0.717) is 4.88 Å². The predicted octanol–water partition coefficient (Wildman–Crippen LogP) is 3.07. The van der Waals surface area contributed by atoms with Crippen LogP contribution in [0.4, 0.5) is 13.2 Å². The van der Waals surface area contributed by atoms with Gasteiger partial charge < -0.3 is 4.74 Å². The molecule has 0 saturated heterocycles. The fraction of sp³-hybridized carbons (Fsp3) is 0.583. The third-order valence-corrected chi connectivity index (χ3v) is 3.64. The van der Waals surface area contributed by atoms with Crippen LogP contribution in [0, 0.1) is 0 Å². The van der Waals surface area contributed by atoms with E-state index in [9.17, 15) is 18.0 Å². The average Bonchev–Trinajstić information content (AvgIpc) is 2.76. The summed E-state index contributed by atoms with van der Waals surface area (Å²) in [6.07, 6.45) is -3.59. The Labute approximate surface area is 113 Å². The van der Waals surface area contributed by atoms with Crippen molar-refractivity contribution < 1.29 is 22.7 Å². The van der Waals surface area contributed by atoms with Gasteiger partial charge in [0, 0.05) is 9.75 Å². The van der Waals surface area contributed by atoms with E-state index in [0.717, 1.165) is 11.3 Å². The molecule has 0 radical (unpaired) electrons. The van der Waals surface area contributed by atoms with Crippen LogP contribution in [0.15, 0.2) is 12.1 Å². The highest BCUT2D eigenvalue weighted by Gasteiger charge is 2.31. The van der Waals surface area contributed by atoms with E-state index in [1.54, 1.807) is 13.0 Å². The van der Waals surface area contributed by atoms with Gasteiger partial charge >= 0.3 is 12.1 Å². The standard InChI is InChI=1S/C12H16F3NO2S/c1-3-8-5-6-9(19-8)10(11(17)18-4-2)16-7-12(13,14)15/h5-6,10,16H,3-4,7H2,1-2H3. The molecule has 1 aromatic rings. The van der Waals surface area contributed by atoms with Crippen LogP contribution in [-0.4, -0.2) is 25.3 Å². The summed E-state index contributed by atoms with van der Waals surface area (Å²) in [5.74, 6) is -0.684. The lowest BCUT2D eigenvalue weighted by Gasteiger charge is -2.17. The van der Waals surface area contributed by atoms with Gasteiger partial charge in [-0.15, -0.1) is 11.3 Å². The molecule has 1 atom stereocenters. The van der Waals surface area contributed by atoms with Gasteiger partial charge in [-0.2, -0.15) is 13.2 Å². The van der Waals surface area contributed by atoms with Crippen molar-refractivity contribution in [2.75, 3.05) is 13.2 Å². The van der Waals surface area contributed by atoms with E-state index in [1.165, 1.54) is 11.3 Å². The number of ether oxygens (including phenoxy) is 1. The fourth-order valence-electron chi connectivity index (χ4n) is 1.48. The highest BCUT2D eigenvalue weighted by Crippen LogP contribution is 2.26. The summed E-state index contributed by atoms with van der Waals surface area (Å²) in [6.45, 7) is 2.47. The smallest absolute Gasteiger partial charge is 0.401 e. The Hall–Kier alpha value is -1.08.